The first-order valence-electron chi connectivity index (χ1n) is 4.89. The van der Waals surface area contributed by atoms with Crippen LogP contribution in [0.3, 0.4) is 0 Å². The van der Waals surface area contributed by atoms with Crippen molar-refractivity contribution in [3.63, 3.8) is 0 Å². The summed E-state index contributed by atoms with van der Waals surface area (Å²) >= 11 is 0. The molecule has 5 nitrogen and oxygen atoms in total. The SMILES string of the molecule is Cc1cc(C#N)cc(-n2nc(C)nc2C)n1. The van der Waals surface area contributed by atoms with Crippen LogP contribution in [-0.4, -0.2) is 19.7 Å². The van der Waals surface area contributed by atoms with Crippen molar-refractivity contribution < 1.29 is 0 Å². The zero-order chi connectivity index (χ0) is 11.7. The molecule has 16 heavy (non-hydrogen) atoms. The molecule has 2 aromatic rings. The van der Waals surface area contributed by atoms with Gasteiger partial charge in [0.1, 0.15) is 11.6 Å². The second kappa shape index (κ2) is 3.74. The van der Waals surface area contributed by atoms with E-state index in [1.807, 2.05) is 20.8 Å². The van der Waals surface area contributed by atoms with E-state index >= 15 is 0 Å². The molecule has 0 atom stereocenters. The second-order valence-corrected chi connectivity index (χ2v) is 3.59. The lowest BCUT2D eigenvalue weighted by Gasteiger charge is -2.03. The zero-order valence-electron chi connectivity index (χ0n) is 9.39. The van der Waals surface area contributed by atoms with Crippen molar-refractivity contribution in [3.8, 4) is 11.9 Å². The lowest BCUT2D eigenvalue weighted by atomic mass is 10.2. The summed E-state index contributed by atoms with van der Waals surface area (Å²) in [6, 6.07) is 5.54. The maximum atomic E-state index is 8.88. The van der Waals surface area contributed by atoms with Gasteiger partial charge in [-0.3, -0.25) is 0 Å². The summed E-state index contributed by atoms with van der Waals surface area (Å²) in [5.41, 5.74) is 1.37. The molecule has 0 aliphatic carbocycles. The summed E-state index contributed by atoms with van der Waals surface area (Å²) < 4.78 is 1.64. The molecule has 80 valence electrons. The highest BCUT2D eigenvalue weighted by Crippen LogP contribution is 2.10. The van der Waals surface area contributed by atoms with Crippen LogP contribution in [0.4, 0.5) is 0 Å². The van der Waals surface area contributed by atoms with Gasteiger partial charge >= 0.3 is 0 Å². The van der Waals surface area contributed by atoms with Crippen LogP contribution in [0.25, 0.3) is 5.82 Å². The van der Waals surface area contributed by atoms with Gasteiger partial charge in [-0.1, -0.05) is 0 Å². The summed E-state index contributed by atoms with van der Waals surface area (Å²) in [6.07, 6.45) is 0. The quantitative estimate of drug-likeness (QED) is 0.719. The Morgan fingerprint density at radius 1 is 1.19 bits per heavy atom. The van der Waals surface area contributed by atoms with Gasteiger partial charge in [-0.15, -0.1) is 5.10 Å². The first-order chi connectivity index (χ1) is 7.60. The Morgan fingerprint density at radius 2 is 1.94 bits per heavy atom. The van der Waals surface area contributed by atoms with Gasteiger partial charge in [0.05, 0.1) is 11.6 Å². The van der Waals surface area contributed by atoms with Crippen molar-refractivity contribution in [1.29, 1.82) is 5.26 Å². The predicted molar refractivity (Wildman–Crippen MR) is 58.1 cm³/mol. The van der Waals surface area contributed by atoms with Gasteiger partial charge in [-0.2, -0.15) is 9.94 Å². The standard InChI is InChI=1S/C11H11N5/c1-7-4-10(6-12)5-11(13-7)16-9(3)14-8(2)15-16/h4-5H,1-3H3. The molecule has 0 saturated carbocycles. The van der Waals surface area contributed by atoms with Crippen LogP contribution < -0.4 is 0 Å². The first-order valence-corrected chi connectivity index (χ1v) is 4.89. The Hall–Kier alpha value is -2.22. The molecule has 2 rings (SSSR count). The molecule has 0 N–H and O–H groups in total. The van der Waals surface area contributed by atoms with Crippen molar-refractivity contribution >= 4 is 0 Å². The third-order valence-electron chi connectivity index (χ3n) is 2.16. The van der Waals surface area contributed by atoms with Crippen molar-refractivity contribution in [1.82, 2.24) is 19.7 Å². The Kier molecular flexibility index (Phi) is 2.41. The average Bonchev–Trinajstić information content (AvgIpc) is 2.57. The zero-order valence-corrected chi connectivity index (χ0v) is 9.39. The molecule has 0 unspecified atom stereocenters. The molecule has 0 amide bonds. The highest BCUT2D eigenvalue weighted by atomic mass is 15.4. The number of hydrogen-bond donors (Lipinski definition) is 0. The molecule has 2 heterocycles. The Morgan fingerprint density at radius 3 is 2.50 bits per heavy atom. The summed E-state index contributed by atoms with van der Waals surface area (Å²) in [5, 5.41) is 13.1. The number of hydrogen-bond acceptors (Lipinski definition) is 4. The smallest absolute Gasteiger partial charge is 0.157 e. The minimum atomic E-state index is 0.579. The molecule has 0 saturated heterocycles. The van der Waals surface area contributed by atoms with E-state index in [-0.39, 0.29) is 0 Å². The van der Waals surface area contributed by atoms with Gasteiger partial charge in [0, 0.05) is 11.8 Å². The summed E-state index contributed by atoms with van der Waals surface area (Å²) in [6.45, 7) is 5.53. The van der Waals surface area contributed by atoms with E-state index in [0.717, 1.165) is 11.5 Å². The molecule has 0 aliphatic heterocycles. The monoisotopic (exact) mass is 213 g/mol. The maximum absolute atomic E-state index is 8.88. The van der Waals surface area contributed by atoms with Gasteiger partial charge in [0.15, 0.2) is 5.82 Å². The van der Waals surface area contributed by atoms with E-state index in [0.29, 0.717) is 17.2 Å². The lowest BCUT2D eigenvalue weighted by molar-refractivity contribution is 0.798. The van der Waals surface area contributed by atoms with Gasteiger partial charge in [-0.05, 0) is 26.8 Å². The summed E-state index contributed by atoms with van der Waals surface area (Å²) in [7, 11) is 0. The van der Waals surface area contributed by atoms with Crippen LogP contribution in [0.5, 0.6) is 0 Å². The third-order valence-corrected chi connectivity index (χ3v) is 2.16. The van der Waals surface area contributed by atoms with Crippen LogP contribution in [0.15, 0.2) is 12.1 Å². The van der Waals surface area contributed by atoms with E-state index in [1.54, 1.807) is 16.8 Å². The van der Waals surface area contributed by atoms with Crippen LogP contribution in [0.2, 0.25) is 0 Å². The van der Waals surface area contributed by atoms with Gasteiger partial charge in [-0.25, -0.2) is 9.97 Å². The summed E-state index contributed by atoms with van der Waals surface area (Å²) in [5.74, 6) is 2.09. The average molecular weight is 213 g/mol. The van der Waals surface area contributed by atoms with Crippen LogP contribution in [0, 0.1) is 32.1 Å². The number of nitriles is 1. The molecule has 2 aromatic heterocycles. The van der Waals surface area contributed by atoms with Crippen molar-refractivity contribution in [3.05, 3.63) is 35.0 Å². The number of aryl methyl sites for hydroxylation is 3. The molecule has 0 radical (unpaired) electrons. The molecule has 0 aromatic carbocycles. The number of aromatic nitrogens is 4. The van der Waals surface area contributed by atoms with Crippen LogP contribution in [-0.2, 0) is 0 Å². The van der Waals surface area contributed by atoms with Gasteiger partial charge < -0.3 is 0 Å². The second-order valence-electron chi connectivity index (χ2n) is 3.59. The fourth-order valence-corrected chi connectivity index (χ4v) is 1.56. The highest BCUT2D eigenvalue weighted by Gasteiger charge is 2.07. The van der Waals surface area contributed by atoms with Crippen molar-refractivity contribution in [2.75, 3.05) is 0 Å². The van der Waals surface area contributed by atoms with Crippen molar-refractivity contribution in [2.45, 2.75) is 20.8 Å². The molecule has 0 fully saturated rings. The van der Waals surface area contributed by atoms with E-state index in [2.05, 4.69) is 21.1 Å². The largest absolute Gasteiger partial charge is 0.234 e. The highest BCUT2D eigenvalue weighted by molar-refractivity contribution is 5.37. The minimum Gasteiger partial charge on any atom is -0.234 e. The topological polar surface area (TPSA) is 67.4 Å². The minimum absolute atomic E-state index is 0.579. The fourth-order valence-electron chi connectivity index (χ4n) is 1.56. The lowest BCUT2D eigenvalue weighted by Crippen LogP contribution is -2.03. The van der Waals surface area contributed by atoms with E-state index in [4.69, 9.17) is 5.26 Å². The fraction of sp³-hybridized carbons (Fsp3) is 0.273. The first kappa shape index (κ1) is 10.3. The molecular weight excluding hydrogens is 202 g/mol. The molecule has 0 aliphatic rings. The van der Waals surface area contributed by atoms with Crippen molar-refractivity contribution in [2.24, 2.45) is 0 Å². The Labute approximate surface area is 93.4 Å². The third kappa shape index (κ3) is 1.77. The molecular formula is C11H11N5. The van der Waals surface area contributed by atoms with E-state index in [9.17, 15) is 0 Å². The molecule has 0 spiro atoms. The molecule has 5 heteroatoms. The van der Waals surface area contributed by atoms with Gasteiger partial charge in [0.25, 0.3) is 0 Å². The van der Waals surface area contributed by atoms with Crippen LogP contribution >= 0.6 is 0 Å². The van der Waals surface area contributed by atoms with Gasteiger partial charge in [0.2, 0.25) is 0 Å². The molecule has 0 bridgehead atoms. The summed E-state index contributed by atoms with van der Waals surface area (Å²) in [4.78, 5) is 8.54. The normalized spacial score (nSPS) is 10.1. The number of nitrogens with zero attached hydrogens (tertiary/aromatic N) is 5. The number of rotatable bonds is 1. The predicted octanol–water partition coefficient (Wildman–Crippen LogP) is 1.46. The Balaban J connectivity index is 2.60. The number of pyridine rings is 1. The van der Waals surface area contributed by atoms with E-state index < -0.39 is 0 Å². The van der Waals surface area contributed by atoms with E-state index in [1.165, 1.54) is 0 Å². The maximum Gasteiger partial charge on any atom is 0.157 e. The Bertz CT molecular complexity index is 577. The van der Waals surface area contributed by atoms with Crippen LogP contribution in [0.1, 0.15) is 22.9 Å².